The van der Waals surface area contributed by atoms with Crippen LogP contribution in [0.3, 0.4) is 0 Å². The Morgan fingerprint density at radius 1 is 1.42 bits per heavy atom. The first-order valence-corrected chi connectivity index (χ1v) is 4.94. The van der Waals surface area contributed by atoms with Crippen LogP contribution in [0.5, 0.6) is 0 Å². The van der Waals surface area contributed by atoms with E-state index in [0.717, 1.165) is 18.8 Å². The van der Waals surface area contributed by atoms with Crippen LogP contribution in [-0.4, -0.2) is 22.9 Å². The third-order valence-electron chi connectivity index (χ3n) is 3.09. The van der Waals surface area contributed by atoms with Gasteiger partial charge in [0.15, 0.2) is 0 Å². The van der Waals surface area contributed by atoms with Gasteiger partial charge in [-0.3, -0.25) is 0 Å². The number of aliphatic hydroxyl groups is 2. The molecule has 2 heteroatoms. The van der Waals surface area contributed by atoms with E-state index < -0.39 is 0 Å². The number of hydrogen-bond acceptors (Lipinski definition) is 2. The minimum atomic E-state index is -0.292. The highest BCUT2D eigenvalue weighted by atomic mass is 16.3. The second kappa shape index (κ2) is 4.24. The molecule has 4 atom stereocenters. The van der Waals surface area contributed by atoms with Crippen molar-refractivity contribution in [2.24, 2.45) is 17.8 Å². The van der Waals surface area contributed by atoms with Crippen LogP contribution in [0, 0.1) is 17.8 Å². The highest BCUT2D eigenvalue weighted by molar-refractivity contribution is 4.80. The average Bonchev–Trinajstić information content (AvgIpc) is 2.49. The van der Waals surface area contributed by atoms with Crippen LogP contribution in [0.4, 0.5) is 0 Å². The highest BCUT2D eigenvalue weighted by Gasteiger charge is 2.30. The van der Waals surface area contributed by atoms with Gasteiger partial charge >= 0.3 is 0 Å². The van der Waals surface area contributed by atoms with Crippen molar-refractivity contribution in [3.05, 3.63) is 0 Å². The van der Waals surface area contributed by atoms with Crippen LogP contribution in [0.1, 0.15) is 33.1 Å². The highest BCUT2D eigenvalue weighted by Crippen LogP contribution is 2.34. The second-order valence-corrected chi connectivity index (χ2v) is 4.33. The number of hydrogen-bond donors (Lipinski definition) is 2. The Bertz CT molecular complexity index is 136. The lowest BCUT2D eigenvalue weighted by Gasteiger charge is -2.22. The van der Waals surface area contributed by atoms with Crippen LogP contribution < -0.4 is 0 Å². The fraction of sp³-hybridized carbons (Fsp3) is 1.00. The molecule has 1 fully saturated rings. The summed E-state index contributed by atoms with van der Waals surface area (Å²) in [5, 5.41) is 18.6. The molecular weight excluding hydrogens is 152 g/mol. The topological polar surface area (TPSA) is 40.5 Å². The number of rotatable bonds is 3. The molecule has 1 saturated carbocycles. The van der Waals surface area contributed by atoms with E-state index >= 15 is 0 Å². The van der Waals surface area contributed by atoms with E-state index in [-0.39, 0.29) is 18.6 Å². The fourth-order valence-corrected chi connectivity index (χ4v) is 2.13. The molecule has 0 bridgehead atoms. The molecule has 2 nitrogen and oxygen atoms in total. The van der Waals surface area contributed by atoms with Crippen molar-refractivity contribution in [3.8, 4) is 0 Å². The first-order chi connectivity index (χ1) is 5.65. The summed E-state index contributed by atoms with van der Waals surface area (Å²) in [5.41, 5.74) is 0. The average molecular weight is 172 g/mol. The van der Waals surface area contributed by atoms with Crippen molar-refractivity contribution in [1.29, 1.82) is 0 Å². The SMILES string of the molecule is C[C@@H]1CC[C@H]([C@H](O)[C@@H](C)CO)C1. The van der Waals surface area contributed by atoms with Gasteiger partial charge in [-0.25, -0.2) is 0 Å². The number of aliphatic hydroxyl groups excluding tert-OH is 2. The summed E-state index contributed by atoms with van der Waals surface area (Å²) in [6.45, 7) is 4.25. The van der Waals surface area contributed by atoms with E-state index in [9.17, 15) is 5.11 Å². The van der Waals surface area contributed by atoms with Crippen LogP contribution in [0.15, 0.2) is 0 Å². The van der Waals surface area contributed by atoms with E-state index in [1.165, 1.54) is 6.42 Å². The smallest absolute Gasteiger partial charge is 0.0615 e. The lowest BCUT2D eigenvalue weighted by atomic mass is 9.91. The van der Waals surface area contributed by atoms with Gasteiger partial charge in [0.05, 0.1) is 6.10 Å². The van der Waals surface area contributed by atoms with Crippen LogP contribution in [0.2, 0.25) is 0 Å². The molecule has 1 aliphatic carbocycles. The molecule has 2 N–H and O–H groups in total. The molecule has 12 heavy (non-hydrogen) atoms. The predicted octanol–water partition coefficient (Wildman–Crippen LogP) is 1.41. The monoisotopic (exact) mass is 172 g/mol. The summed E-state index contributed by atoms with van der Waals surface area (Å²) in [4.78, 5) is 0. The molecule has 0 aromatic heterocycles. The maximum Gasteiger partial charge on any atom is 0.0615 e. The van der Waals surface area contributed by atoms with Crippen molar-refractivity contribution in [2.45, 2.75) is 39.2 Å². The Labute approximate surface area is 74.6 Å². The Hall–Kier alpha value is -0.0800. The van der Waals surface area contributed by atoms with Crippen molar-refractivity contribution < 1.29 is 10.2 Å². The molecule has 0 unspecified atom stereocenters. The van der Waals surface area contributed by atoms with E-state index in [2.05, 4.69) is 6.92 Å². The summed E-state index contributed by atoms with van der Waals surface area (Å²) in [6.07, 6.45) is 3.21. The predicted molar refractivity (Wildman–Crippen MR) is 48.8 cm³/mol. The molecular formula is C10H20O2. The van der Waals surface area contributed by atoms with E-state index in [4.69, 9.17) is 5.11 Å². The Morgan fingerprint density at radius 2 is 2.08 bits per heavy atom. The van der Waals surface area contributed by atoms with E-state index in [1.807, 2.05) is 6.92 Å². The zero-order chi connectivity index (χ0) is 9.14. The van der Waals surface area contributed by atoms with Gasteiger partial charge in [-0.05, 0) is 24.7 Å². The van der Waals surface area contributed by atoms with Gasteiger partial charge in [0, 0.05) is 12.5 Å². The third kappa shape index (κ3) is 2.20. The van der Waals surface area contributed by atoms with Gasteiger partial charge < -0.3 is 10.2 Å². The van der Waals surface area contributed by atoms with Crippen molar-refractivity contribution in [1.82, 2.24) is 0 Å². The van der Waals surface area contributed by atoms with Crippen LogP contribution in [-0.2, 0) is 0 Å². The zero-order valence-corrected chi connectivity index (χ0v) is 8.03. The summed E-state index contributed by atoms with van der Waals surface area (Å²) >= 11 is 0. The molecule has 0 aromatic carbocycles. The fourth-order valence-electron chi connectivity index (χ4n) is 2.13. The Balaban J connectivity index is 2.37. The second-order valence-electron chi connectivity index (χ2n) is 4.33. The zero-order valence-electron chi connectivity index (χ0n) is 8.03. The molecule has 0 saturated heterocycles. The van der Waals surface area contributed by atoms with Gasteiger partial charge in [-0.1, -0.05) is 20.3 Å². The first-order valence-electron chi connectivity index (χ1n) is 4.94. The molecule has 0 aliphatic heterocycles. The minimum absolute atomic E-state index is 0.0419. The van der Waals surface area contributed by atoms with Gasteiger partial charge in [0.2, 0.25) is 0 Å². The summed E-state index contributed by atoms with van der Waals surface area (Å²) in [6, 6.07) is 0. The Kier molecular flexibility index (Phi) is 3.53. The molecule has 0 amide bonds. The Morgan fingerprint density at radius 3 is 2.50 bits per heavy atom. The van der Waals surface area contributed by atoms with Crippen LogP contribution >= 0.6 is 0 Å². The van der Waals surface area contributed by atoms with Crippen LogP contribution in [0.25, 0.3) is 0 Å². The summed E-state index contributed by atoms with van der Waals surface area (Å²) in [7, 11) is 0. The molecule has 0 radical (unpaired) electrons. The van der Waals surface area contributed by atoms with Gasteiger partial charge in [0.1, 0.15) is 0 Å². The van der Waals surface area contributed by atoms with Crippen molar-refractivity contribution in [2.75, 3.05) is 6.61 Å². The molecule has 1 aliphatic rings. The minimum Gasteiger partial charge on any atom is -0.396 e. The summed E-state index contributed by atoms with van der Waals surface area (Å²) < 4.78 is 0. The molecule has 72 valence electrons. The maximum absolute atomic E-state index is 9.78. The quantitative estimate of drug-likeness (QED) is 0.675. The normalized spacial score (nSPS) is 35.0. The van der Waals surface area contributed by atoms with Gasteiger partial charge in [0.25, 0.3) is 0 Å². The standard InChI is InChI=1S/C10H20O2/c1-7-3-4-9(5-7)10(12)8(2)6-11/h7-12H,3-6H2,1-2H3/t7-,8+,9+,10-/m1/s1. The lowest BCUT2D eigenvalue weighted by molar-refractivity contribution is 0.0318. The largest absolute Gasteiger partial charge is 0.396 e. The van der Waals surface area contributed by atoms with Gasteiger partial charge in [-0.15, -0.1) is 0 Å². The third-order valence-corrected chi connectivity index (χ3v) is 3.09. The molecule has 0 heterocycles. The maximum atomic E-state index is 9.78. The van der Waals surface area contributed by atoms with Crippen molar-refractivity contribution in [3.63, 3.8) is 0 Å². The molecule has 1 rings (SSSR count). The van der Waals surface area contributed by atoms with Gasteiger partial charge in [-0.2, -0.15) is 0 Å². The van der Waals surface area contributed by atoms with E-state index in [0.29, 0.717) is 5.92 Å². The molecule has 0 spiro atoms. The first kappa shape index (κ1) is 10.0. The molecule has 0 aromatic rings. The van der Waals surface area contributed by atoms with E-state index in [1.54, 1.807) is 0 Å². The lowest BCUT2D eigenvalue weighted by Crippen LogP contribution is -2.28. The van der Waals surface area contributed by atoms with Crippen molar-refractivity contribution >= 4 is 0 Å². The summed E-state index contributed by atoms with van der Waals surface area (Å²) in [5.74, 6) is 1.23.